The molecule has 0 aromatic heterocycles. The average Bonchev–Trinajstić information content (AvgIpc) is 3.45. The summed E-state index contributed by atoms with van der Waals surface area (Å²) in [5, 5.41) is 3.11. The minimum atomic E-state index is -0.0420. The first-order valence-electron chi connectivity index (χ1n) is 9.08. The molecule has 0 spiro atoms. The lowest BCUT2D eigenvalue weighted by molar-refractivity contribution is -0.126. The summed E-state index contributed by atoms with van der Waals surface area (Å²) in [7, 11) is 3.34. The largest absolute Gasteiger partial charge is 0.497 e. The second kappa shape index (κ2) is 8.06. The summed E-state index contributed by atoms with van der Waals surface area (Å²) in [5.41, 5.74) is 1.18. The van der Waals surface area contributed by atoms with Crippen LogP contribution in [0.15, 0.2) is 18.2 Å². The van der Waals surface area contributed by atoms with Crippen LogP contribution < -0.4 is 14.8 Å². The number of ether oxygens (including phenoxy) is 2. The number of nitrogens with zero attached hydrogens (tertiary/aromatic N) is 2. The average molecular weight is 347 g/mol. The maximum Gasteiger partial charge on any atom is 0.237 e. The molecule has 25 heavy (non-hydrogen) atoms. The van der Waals surface area contributed by atoms with Crippen LogP contribution in [0.5, 0.6) is 11.5 Å². The molecule has 138 valence electrons. The molecule has 1 saturated heterocycles. The Labute approximate surface area is 150 Å². The summed E-state index contributed by atoms with van der Waals surface area (Å²) < 4.78 is 10.7. The number of hydrogen-bond donors (Lipinski definition) is 1. The number of methoxy groups -OCH3 is 2. The van der Waals surface area contributed by atoms with Crippen molar-refractivity contribution in [2.24, 2.45) is 0 Å². The van der Waals surface area contributed by atoms with Gasteiger partial charge in [0.2, 0.25) is 5.91 Å². The molecule has 1 amide bonds. The smallest absolute Gasteiger partial charge is 0.237 e. The SMILES string of the molecule is COc1cc(CN2CCN(C(C)C(=O)NC3CC3)CC2)cc(OC)c1. The number of nitrogens with one attached hydrogen (secondary N) is 1. The number of amides is 1. The molecule has 1 aliphatic carbocycles. The summed E-state index contributed by atoms with van der Waals surface area (Å²) in [5.74, 6) is 1.81. The van der Waals surface area contributed by atoms with E-state index in [1.807, 2.05) is 13.0 Å². The first-order chi connectivity index (χ1) is 12.1. The van der Waals surface area contributed by atoms with E-state index in [1.165, 1.54) is 5.56 Å². The van der Waals surface area contributed by atoms with Crippen molar-refractivity contribution in [3.8, 4) is 11.5 Å². The van der Waals surface area contributed by atoms with Gasteiger partial charge in [-0.25, -0.2) is 0 Å². The van der Waals surface area contributed by atoms with Gasteiger partial charge >= 0.3 is 0 Å². The zero-order valence-corrected chi connectivity index (χ0v) is 15.5. The summed E-state index contributed by atoms with van der Waals surface area (Å²) in [6.45, 7) is 6.63. The van der Waals surface area contributed by atoms with Crippen molar-refractivity contribution in [3.63, 3.8) is 0 Å². The molecule has 1 aliphatic heterocycles. The molecule has 0 radical (unpaired) electrons. The van der Waals surface area contributed by atoms with Gasteiger partial charge in [0.25, 0.3) is 0 Å². The van der Waals surface area contributed by atoms with Gasteiger partial charge in [-0.2, -0.15) is 0 Å². The fourth-order valence-corrected chi connectivity index (χ4v) is 3.24. The van der Waals surface area contributed by atoms with Crippen molar-refractivity contribution >= 4 is 5.91 Å². The maximum atomic E-state index is 12.2. The van der Waals surface area contributed by atoms with Crippen LogP contribution in [0, 0.1) is 0 Å². The first-order valence-corrected chi connectivity index (χ1v) is 9.08. The molecule has 1 aromatic rings. The highest BCUT2D eigenvalue weighted by molar-refractivity contribution is 5.81. The number of benzene rings is 1. The summed E-state index contributed by atoms with van der Waals surface area (Å²) in [6.07, 6.45) is 2.27. The predicted octanol–water partition coefficient (Wildman–Crippen LogP) is 1.49. The topological polar surface area (TPSA) is 54.0 Å². The van der Waals surface area contributed by atoms with Gasteiger partial charge in [-0.1, -0.05) is 0 Å². The molecule has 1 atom stereocenters. The highest BCUT2D eigenvalue weighted by Gasteiger charge is 2.29. The molecule has 2 fully saturated rings. The van der Waals surface area contributed by atoms with Gasteiger partial charge in [-0.05, 0) is 37.5 Å². The van der Waals surface area contributed by atoms with Gasteiger partial charge in [-0.3, -0.25) is 14.6 Å². The first kappa shape index (κ1) is 18.0. The van der Waals surface area contributed by atoms with Crippen LogP contribution in [0.25, 0.3) is 0 Å². The number of piperazine rings is 1. The lowest BCUT2D eigenvalue weighted by Crippen LogP contribution is -2.53. The van der Waals surface area contributed by atoms with Gasteiger partial charge in [0.1, 0.15) is 11.5 Å². The summed E-state index contributed by atoms with van der Waals surface area (Å²) in [4.78, 5) is 16.9. The van der Waals surface area contributed by atoms with Crippen LogP contribution in [0.2, 0.25) is 0 Å². The molecule has 2 aliphatic rings. The van der Waals surface area contributed by atoms with Crippen molar-refractivity contribution in [2.45, 2.75) is 38.4 Å². The van der Waals surface area contributed by atoms with E-state index >= 15 is 0 Å². The molecule has 6 nitrogen and oxygen atoms in total. The Morgan fingerprint density at radius 3 is 2.24 bits per heavy atom. The Morgan fingerprint density at radius 2 is 1.72 bits per heavy atom. The van der Waals surface area contributed by atoms with Crippen molar-refractivity contribution in [3.05, 3.63) is 23.8 Å². The number of rotatable bonds is 7. The third-order valence-corrected chi connectivity index (χ3v) is 5.08. The van der Waals surface area contributed by atoms with Gasteiger partial charge in [0.15, 0.2) is 0 Å². The fourth-order valence-electron chi connectivity index (χ4n) is 3.24. The Hall–Kier alpha value is -1.79. The lowest BCUT2D eigenvalue weighted by atomic mass is 10.1. The van der Waals surface area contributed by atoms with Crippen molar-refractivity contribution in [1.82, 2.24) is 15.1 Å². The predicted molar refractivity (Wildman–Crippen MR) is 97.0 cm³/mol. The molecule has 1 saturated carbocycles. The van der Waals surface area contributed by atoms with Crippen LogP contribution in [-0.4, -0.2) is 68.2 Å². The molecule has 1 N–H and O–H groups in total. The zero-order chi connectivity index (χ0) is 17.8. The van der Waals surface area contributed by atoms with E-state index in [2.05, 4.69) is 27.2 Å². The van der Waals surface area contributed by atoms with E-state index in [0.29, 0.717) is 6.04 Å². The van der Waals surface area contributed by atoms with Gasteiger partial charge in [0.05, 0.1) is 20.3 Å². The standard InChI is InChI=1S/C19H29N3O3/c1-14(19(23)20-16-4-5-16)22-8-6-21(7-9-22)13-15-10-17(24-2)12-18(11-15)25-3/h10-12,14,16H,4-9,13H2,1-3H3,(H,20,23). The third kappa shape index (κ3) is 4.86. The molecular weight excluding hydrogens is 318 g/mol. The number of hydrogen-bond acceptors (Lipinski definition) is 5. The minimum absolute atomic E-state index is 0.0420. The third-order valence-electron chi connectivity index (χ3n) is 5.08. The molecule has 0 bridgehead atoms. The highest BCUT2D eigenvalue weighted by atomic mass is 16.5. The zero-order valence-electron chi connectivity index (χ0n) is 15.5. The van der Waals surface area contributed by atoms with Crippen LogP contribution in [0.3, 0.4) is 0 Å². The molecule has 3 rings (SSSR count). The van der Waals surface area contributed by atoms with E-state index in [1.54, 1.807) is 14.2 Å². The van der Waals surface area contributed by atoms with E-state index in [-0.39, 0.29) is 11.9 Å². The molecule has 1 aromatic carbocycles. The second-order valence-corrected chi connectivity index (χ2v) is 6.99. The Bertz CT molecular complexity index is 573. The summed E-state index contributed by atoms with van der Waals surface area (Å²) >= 11 is 0. The van der Waals surface area contributed by atoms with Crippen LogP contribution in [0.1, 0.15) is 25.3 Å². The van der Waals surface area contributed by atoms with Crippen molar-refractivity contribution in [1.29, 1.82) is 0 Å². The highest BCUT2D eigenvalue weighted by Crippen LogP contribution is 2.24. The van der Waals surface area contributed by atoms with Crippen molar-refractivity contribution < 1.29 is 14.3 Å². The van der Waals surface area contributed by atoms with Crippen molar-refractivity contribution in [2.75, 3.05) is 40.4 Å². The Kier molecular flexibility index (Phi) is 5.81. The molecule has 6 heteroatoms. The molecular formula is C19H29N3O3. The monoisotopic (exact) mass is 347 g/mol. The number of carbonyl (C=O) groups excluding carboxylic acids is 1. The van der Waals surface area contributed by atoms with Crippen LogP contribution in [0.4, 0.5) is 0 Å². The van der Waals surface area contributed by atoms with E-state index < -0.39 is 0 Å². The Morgan fingerprint density at radius 1 is 1.12 bits per heavy atom. The van der Waals surface area contributed by atoms with Gasteiger partial charge < -0.3 is 14.8 Å². The van der Waals surface area contributed by atoms with E-state index in [4.69, 9.17) is 9.47 Å². The maximum absolute atomic E-state index is 12.2. The minimum Gasteiger partial charge on any atom is -0.497 e. The van der Waals surface area contributed by atoms with Crippen LogP contribution >= 0.6 is 0 Å². The Balaban J connectivity index is 1.51. The quantitative estimate of drug-likeness (QED) is 0.810. The van der Waals surface area contributed by atoms with Gasteiger partial charge in [0, 0.05) is 44.8 Å². The molecule has 1 unspecified atom stereocenters. The normalized spacial score (nSPS) is 20.1. The lowest BCUT2D eigenvalue weighted by Gasteiger charge is -2.37. The summed E-state index contributed by atoms with van der Waals surface area (Å²) in [6, 6.07) is 6.39. The van der Waals surface area contributed by atoms with Crippen LogP contribution in [-0.2, 0) is 11.3 Å². The van der Waals surface area contributed by atoms with Gasteiger partial charge in [-0.15, -0.1) is 0 Å². The van der Waals surface area contributed by atoms with E-state index in [0.717, 1.165) is 57.1 Å². The number of carbonyl (C=O) groups is 1. The fraction of sp³-hybridized carbons (Fsp3) is 0.632. The molecule has 1 heterocycles. The van der Waals surface area contributed by atoms with E-state index in [9.17, 15) is 4.79 Å². The second-order valence-electron chi connectivity index (χ2n) is 6.99.